The molecular formula is C6H8N2S3. The van der Waals surface area contributed by atoms with Gasteiger partial charge in [-0.3, -0.25) is 0 Å². The first-order valence-corrected chi connectivity index (χ1v) is 4.24. The van der Waals surface area contributed by atoms with Crippen LogP contribution in [0.5, 0.6) is 0 Å². The van der Waals surface area contributed by atoms with Crippen molar-refractivity contribution < 1.29 is 0 Å². The Labute approximate surface area is 81.0 Å². The van der Waals surface area contributed by atoms with Crippen LogP contribution in [0.3, 0.4) is 0 Å². The smallest absolute Gasteiger partial charge is 0.115 e. The second-order valence-corrected chi connectivity index (χ2v) is 3.49. The molecule has 2 nitrogen and oxygen atoms in total. The summed E-state index contributed by atoms with van der Waals surface area (Å²) in [6.07, 6.45) is 0. The summed E-state index contributed by atoms with van der Waals surface area (Å²) in [6, 6.07) is 0. The molecule has 60 valence electrons. The molecule has 0 unspecified atom stereocenters. The van der Waals surface area contributed by atoms with E-state index in [-0.39, 0.29) is 0 Å². The van der Waals surface area contributed by atoms with Crippen molar-refractivity contribution >= 4 is 43.3 Å². The predicted octanol–water partition coefficient (Wildman–Crippen LogP) is 2.21. The number of H-pyrrole nitrogens is 1. The molecule has 0 aliphatic rings. The van der Waals surface area contributed by atoms with Crippen LogP contribution in [0, 0.1) is 11.4 Å². The quantitative estimate of drug-likeness (QED) is 0.387. The molecule has 0 saturated heterocycles. The van der Waals surface area contributed by atoms with Crippen LogP contribution < -0.4 is 5.73 Å². The molecule has 0 bridgehead atoms. The van der Waals surface area contributed by atoms with Gasteiger partial charge in [0.1, 0.15) is 5.82 Å². The van der Waals surface area contributed by atoms with Crippen molar-refractivity contribution in [2.75, 3.05) is 5.73 Å². The molecule has 0 spiro atoms. The maximum absolute atomic E-state index is 5.56. The molecule has 11 heavy (non-hydrogen) atoms. The molecule has 0 aliphatic heterocycles. The number of nitrogen functional groups attached to an aromatic ring is 1. The Morgan fingerprint density at radius 3 is 2.45 bits per heavy atom. The van der Waals surface area contributed by atoms with E-state index in [1.54, 1.807) is 0 Å². The number of hydrogen-bond donors (Lipinski definition) is 4. The van der Waals surface area contributed by atoms with Crippen molar-refractivity contribution in [1.29, 1.82) is 0 Å². The molecule has 0 amide bonds. The van der Waals surface area contributed by atoms with Gasteiger partial charge in [0.05, 0.1) is 9.41 Å². The van der Waals surface area contributed by atoms with E-state index in [1.165, 1.54) is 0 Å². The number of pyridine rings is 1. The van der Waals surface area contributed by atoms with Crippen LogP contribution in [0.2, 0.25) is 0 Å². The zero-order valence-electron chi connectivity index (χ0n) is 5.88. The fourth-order valence-electron chi connectivity index (χ4n) is 0.725. The summed E-state index contributed by atoms with van der Waals surface area (Å²) in [5.74, 6) is 0.494. The summed E-state index contributed by atoms with van der Waals surface area (Å²) < 4.78 is 0.602. The minimum absolute atomic E-state index is 0.494. The number of aryl methyl sites for hydroxylation is 1. The van der Waals surface area contributed by atoms with Crippen molar-refractivity contribution in [2.24, 2.45) is 0 Å². The number of anilines is 1. The third-order valence-corrected chi connectivity index (χ3v) is 3.10. The molecule has 3 N–H and O–H groups in total. The average Bonchev–Trinajstić information content (AvgIpc) is 1.97. The Kier molecular flexibility index (Phi) is 2.51. The summed E-state index contributed by atoms with van der Waals surface area (Å²) in [5, 5.41) is 0. The maximum atomic E-state index is 5.56. The Hall–Kier alpha value is -0.130. The van der Waals surface area contributed by atoms with Gasteiger partial charge in [-0.15, -0.1) is 25.3 Å². The molecule has 0 atom stereocenters. The second-order valence-electron chi connectivity index (χ2n) is 2.19. The number of rotatable bonds is 0. The third-order valence-electron chi connectivity index (χ3n) is 1.36. The summed E-state index contributed by atoms with van der Waals surface area (Å²) in [7, 11) is 0. The van der Waals surface area contributed by atoms with Gasteiger partial charge in [-0.05, 0) is 6.92 Å². The SMILES string of the molecule is Cc1[nH]c(N)c(S)c(=S)c1S. The molecule has 0 radical (unpaired) electrons. The van der Waals surface area contributed by atoms with E-state index in [0.717, 1.165) is 10.6 Å². The Morgan fingerprint density at radius 2 is 1.91 bits per heavy atom. The molecule has 5 heteroatoms. The van der Waals surface area contributed by atoms with E-state index in [0.29, 0.717) is 15.2 Å². The molecule has 1 aromatic heterocycles. The van der Waals surface area contributed by atoms with E-state index in [1.807, 2.05) is 6.92 Å². The van der Waals surface area contributed by atoms with Crippen molar-refractivity contribution in [1.82, 2.24) is 4.98 Å². The highest BCUT2D eigenvalue weighted by Gasteiger charge is 2.02. The minimum atomic E-state index is 0.494. The van der Waals surface area contributed by atoms with Crippen molar-refractivity contribution in [3.63, 3.8) is 0 Å². The first-order valence-electron chi connectivity index (χ1n) is 2.94. The number of thiol groups is 2. The highest BCUT2D eigenvalue weighted by Crippen LogP contribution is 2.23. The third kappa shape index (κ3) is 1.55. The largest absolute Gasteiger partial charge is 0.384 e. The number of hydrogen-bond acceptors (Lipinski definition) is 4. The molecule has 0 aromatic carbocycles. The number of aromatic amines is 1. The van der Waals surface area contributed by atoms with Gasteiger partial charge < -0.3 is 10.7 Å². The summed E-state index contributed by atoms with van der Waals surface area (Å²) in [6.45, 7) is 1.86. The van der Waals surface area contributed by atoms with E-state index in [4.69, 9.17) is 18.0 Å². The Morgan fingerprint density at radius 1 is 1.36 bits per heavy atom. The van der Waals surface area contributed by atoms with E-state index in [2.05, 4.69) is 30.2 Å². The van der Waals surface area contributed by atoms with Crippen LogP contribution in [-0.2, 0) is 0 Å². The number of aromatic nitrogens is 1. The second kappa shape index (κ2) is 3.08. The van der Waals surface area contributed by atoms with Crippen molar-refractivity contribution in [2.45, 2.75) is 16.7 Å². The van der Waals surface area contributed by atoms with E-state index in [9.17, 15) is 0 Å². The number of nitrogens with two attached hydrogens (primary N) is 1. The summed E-state index contributed by atoms with van der Waals surface area (Å²) in [4.78, 5) is 4.23. The summed E-state index contributed by atoms with van der Waals surface area (Å²) in [5.41, 5.74) is 6.43. The van der Waals surface area contributed by atoms with Crippen molar-refractivity contribution in [3.05, 3.63) is 10.2 Å². The molecule has 0 aliphatic carbocycles. The van der Waals surface area contributed by atoms with E-state index >= 15 is 0 Å². The highest BCUT2D eigenvalue weighted by atomic mass is 32.1. The highest BCUT2D eigenvalue weighted by molar-refractivity contribution is 7.82. The standard InChI is InChI=1S/C6H8N2S3/c1-2-3(9)4(10)5(11)6(7)8-2/h9,11H,1H3,(H3,7,8,10). The van der Waals surface area contributed by atoms with Crippen LogP contribution in [-0.4, -0.2) is 4.98 Å². The van der Waals surface area contributed by atoms with Crippen LogP contribution in [0.1, 0.15) is 5.69 Å². The van der Waals surface area contributed by atoms with E-state index < -0.39 is 0 Å². The zero-order valence-corrected chi connectivity index (χ0v) is 8.49. The summed E-state index contributed by atoms with van der Waals surface area (Å²) >= 11 is 13.3. The zero-order chi connectivity index (χ0) is 8.59. The maximum Gasteiger partial charge on any atom is 0.115 e. The fourth-order valence-corrected chi connectivity index (χ4v) is 1.41. The van der Waals surface area contributed by atoms with Gasteiger partial charge in [-0.25, -0.2) is 0 Å². The number of nitrogens with one attached hydrogen (secondary N) is 1. The van der Waals surface area contributed by atoms with Gasteiger partial charge >= 0.3 is 0 Å². The molecule has 1 heterocycles. The predicted molar refractivity (Wildman–Crippen MR) is 55.3 cm³/mol. The Bertz CT molecular complexity index is 313. The monoisotopic (exact) mass is 204 g/mol. The lowest BCUT2D eigenvalue weighted by molar-refractivity contribution is 1.07. The topological polar surface area (TPSA) is 41.8 Å². The first-order chi connectivity index (χ1) is 5.04. The molecule has 0 fully saturated rings. The first kappa shape index (κ1) is 8.96. The van der Waals surface area contributed by atoms with Crippen LogP contribution in [0.4, 0.5) is 5.82 Å². The normalized spacial score (nSPS) is 10.1. The van der Waals surface area contributed by atoms with Crippen LogP contribution in [0.15, 0.2) is 9.79 Å². The lowest BCUT2D eigenvalue weighted by Crippen LogP contribution is -1.96. The van der Waals surface area contributed by atoms with Crippen molar-refractivity contribution in [3.8, 4) is 0 Å². The fraction of sp³-hybridized carbons (Fsp3) is 0.167. The lowest BCUT2D eigenvalue weighted by atomic mass is 10.3. The van der Waals surface area contributed by atoms with Crippen LogP contribution >= 0.6 is 37.5 Å². The minimum Gasteiger partial charge on any atom is -0.384 e. The molecular weight excluding hydrogens is 196 g/mol. The van der Waals surface area contributed by atoms with Gasteiger partial charge in [0.2, 0.25) is 0 Å². The van der Waals surface area contributed by atoms with Gasteiger partial charge in [-0.2, -0.15) is 0 Å². The van der Waals surface area contributed by atoms with Gasteiger partial charge in [0, 0.05) is 10.6 Å². The lowest BCUT2D eigenvalue weighted by Gasteiger charge is -2.04. The average molecular weight is 204 g/mol. The van der Waals surface area contributed by atoms with Crippen LogP contribution in [0.25, 0.3) is 0 Å². The van der Waals surface area contributed by atoms with Gasteiger partial charge in [-0.1, -0.05) is 12.2 Å². The Balaban J connectivity index is 3.59. The molecule has 1 rings (SSSR count). The molecule has 1 aromatic rings. The molecule has 0 saturated carbocycles. The van der Waals surface area contributed by atoms with Gasteiger partial charge in [0.25, 0.3) is 0 Å². The van der Waals surface area contributed by atoms with Gasteiger partial charge in [0.15, 0.2) is 0 Å².